The van der Waals surface area contributed by atoms with Crippen LogP contribution in [-0.2, 0) is 19.1 Å². The van der Waals surface area contributed by atoms with Crippen LogP contribution < -0.4 is 4.74 Å². The van der Waals surface area contributed by atoms with E-state index in [1.54, 1.807) is 6.07 Å². The number of allylic oxidation sites excluding steroid dienone is 2. The van der Waals surface area contributed by atoms with E-state index in [2.05, 4.69) is 28.9 Å². The molecule has 0 bridgehead atoms. The molecule has 1 heterocycles. The van der Waals surface area contributed by atoms with Crippen molar-refractivity contribution in [2.24, 2.45) is 17.8 Å². The summed E-state index contributed by atoms with van der Waals surface area (Å²) in [4.78, 5) is 25.0. The maximum Gasteiger partial charge on any atom is 0.347 e. The van der Waals surface area contributed by atoms with E-state index in [-0.39, 0.29) is 36.2 Å². The quantitative estimate of drug-likeness (QED) is 0.450. The van der Waals surface area contributed by atoms with Gasteiger partial charge in [0.15, 0.2) is 6.10 Å². The highest BCUT2D eigenvalue weighted by Gasteiger charge is 2.43. The molecule has 8 atom stereocenters. The van der Waals surface area contributed by atoms with E-state index in [0.717, 1.165) is 16.5 Å². The monoisotopic (exact) mass is 562 g/mol. The first-order chi connectivity index (χ1) is 17.2. The Bertz CT molecular complexity index is 1010. The first-order valence-electron chi connectivity index (χ1n) is 12.8. The molecule has 8 heteroatoms. The van der Waals surface area contributed by atoms with E-state index in [0.29, 0.717) is 31.4 Å². The van der Waals surface area contributed by atoms with E-state index in [1.807, 2.05) is 37.3 Å². The summed E-state index contributed by atoms with van der Waals surface area (Å²) in [7, 11) is 0. The predicted molar refractivity (Wildman–Crippen MR) is 137 cm³/mol. The second-order valence-electron chi connectivity index (χ2n) is 10.1. The zero-order valence-corrected chi connectivity index (χ0v) is 22.3. The van der Waals surface area contributed by atoms with Gasteiger partial charge in [-0.1, -0.05) is 44.2 Å². The number of esters is 2. The summed E-state index contributed by atoms with van der Waals surface area (Å²) >= 11 is 3.45. The first-order valence-corrected chi connectivity index (χ1v) is 13.6. The molecule has 1 fully saturated rings. The minimum atomic E-state index is -0.770. The Morgan fingerprint density at radius 1 is 1.22 bits per heavy atom. The van der Waals surface area contributed by atoms with Crippen LogP contribution >= 0.6 is 15.9 Å². The molecule has 0 radical (unpaired) electrons. The van der Waals surface area contributed by atoms with Crippen LogP contribution in [0.15, 0.2) is 52.5 Å². The third-order valence-electron chi connectivity index (χ3n) is 7.44. The second-order valence-corrected chi connectivity index (χ2v) is 10.9. The highest BCUT2D eigenvalue weighted by Crippen LogP contribution is 2.44. The lowest BCUT2D eigenvalue weighted by molar-refractivity contribution is -0.165. The Hall–Kier alpha value is -2.16. The molecule has 2 aliphatic carbocycles. The Balaban J connectivity index is 1.48. The molecular weight excluding hydrogens is 528 g/mol. The van der Waals surface area contributed by atoms with Gasteiger partial charge in [0.2, 0.25) is 0 Å². The lowest BCUT2D eigenvalue weighted by atomic mass is 9.66. The molecule has 7 nitrogen and oxygen atoms in total. The molecule has 1 aromatic rings. The average molecular weight is 563 g/mol. The fraction of sp³-hybridized carbons (Fsp3) is 0.571. The summed E-state index contributed by atoms with van der Waals surface area (Å²) in [6.45, 7) is 4.01. The van der Waals surface area contributed by atoms with Crippen molar-refractivity contribution >= 4 is 27.9 Å². The fourth-order valence-electron chi connectivity index (χ4n) is 5.62. The van der Waals surface area contributed by atoms with Crippen molar-refractivity contribution in [1.29, 1.82) is 0 Å². The van der Waals surface area contributed by atoms with Gasteiger partial charge in [-0.15, -0.1) is 0 Å². The second kappa shape index (κ2) is 11.9. The molecule has 1 aromatic carbocycles. The first kappa shape index (κ1) is 26.9. The minimum absolute atomic E-state index is 0.0463. The summed E-state index contributed by atoms with van der Waals surface area (Å²) in [5.41, 5.74) is 0.968. The van der Waals surface area contributed by atoms with E-state index in [1.165, 1.54) is 0 Å². The van der Waals surface area contributed by atoms with E-state index in [9.17, 15) is 19.8 Å². The van der Waals surface area contributed by atoms with Gasteiger partial charge >= 0.3 is 11.9 Å². The summed E-state index contributed by atoms with van der Waals surface area (Å²) in [6, 6.07) is 7.37. The van der Waals surface area contributed by atoms with Crippen LogP contribution in [0.25, 0.3) is 0 Å². The molecule has 0 amide bonds. The maximum atomic E-state index is 13.2. The summed E-state index contributed by atoms with van der Waals surface area (Å²) in [6.07, 6.45) is 5.66. The summed E-state index contributed by atoms with van der Waals surface area (Å²) in [5, 5.41) is 20.5. The van der Waals surface area contributed by atoms with Crippen molar-refractivity contribution in [3.63, 3.8) is 0 Å². The van der Waals surface area contributed by atoms with Gasteiger partial charge in [-0.2, -0.15) is 0 Å². The Morgan fingerprint density at radius 3 is 2.72 bits per heavy atom. The predicted octanol–water partition coefficient (Wildman–Crippen LogP) is 4.49. The third-order valence-corrected chi connectivity index (χ3v) is 8.09. The van der Waals surface area contributed by atoms with E-state index in [4.69, 9.17) is 14.2 Å². The van der Waals surface area contributed by atoms with Gasteiger partial charge in [-0.25, -0.2) is 4.79 Å². The Morgan fingerprint density at radius 2 is 2.00 bits per heavy atom. The van der Waals surface area contributed by atoms with Crippen LogP contribution in [0.5, 0.6) is 5.75 Å². The van der Waals surface area contributed by atoms with Crippen LogP contribution in [0.1, 0.15) is 52.4 Å². The van der Waals surface area contributed by atoms with Gasteiger partial charge < -0.3 is 24.4 Å². The molecule has 1 saturated heterocycles. The topological polar surface area (TPSA) is 102 Å². The molecule has 36 heavy (non-hydrogen) atoms. The minimum Gasteiger partial charge on any atom is -0.478 e. The van der Waals surface area contributed by atoms with Gasteiger partial charge in [0.05, 0.1) is 23.1 Å². The van der Waals surface area contributed by atoms with Crippen molar-refractivity contribution in [2.45, 2.75) is 82.9 Å². The van der Waals surface area contributed by atoms with Crippen molar-refractivity contribution in [2.75, 3.05) is 0 Å². The van der Waals surface area contributed by atoms with Crippen LogP contribution in [0.4, 0.5) is 0 Å². The van der Waals surface area contributed by atoms with E-state index >= 15 is 0 Å². The number of cyclic esters (lactones) is 1. The standard InChI is InChI=1S/C28H35BrO7/c1-3-23(35-24-7-5-4-6-22(24)29)28(33)36-25-14-18(30)12-17-9-8-16(2)21(27(17)25)11-10-20-13-19(31)15-26(32)34-20/h4-9,12,16,18-21,23,25,27,30-31H,3,10-11,13-15H2,1-2H3/t16?,18?,19-,20-,21?,23+,25?,27?/m1/s1. The number of carbonyl (C=O) groups is 2. The Labute approximate surface area is 220 Å². The van der Waals surface area contributed by atoms with Crippen LogP contribution in [-0.4, -0.2) is 52.7 Å². The van der Waals surface area contributed by atoms with Crippen molar-refractivity contribution in [3.05, 3.63) is 52.5 Å². The molecule has 4 rings (SSSR count). The molecular formula is C28H35BrO7. The number of fused-ring (bicyclic) bond motifs is 1. The van der Waals surface area contributed by atoms with Crippen LogP contribution in [0.2, 0.25) is 0 Å². The van der Waals surface area contributed by atoms with Crippen molar-refractivity contribution < 1.29 is 34.0 Å². The molecule has 0 saturated carbocycles. The number of ether oxygens (including phenoxy) is 3. The van der Waals surface area contributed by atoms with Gasteiger partial charge in [-0.05, 0) is 64.7 Å². The average Bonchev–Trinajstić information content (AvgIpc) is 2.82. The highest BCUT2D eigenvalue weighted by molar-refractivity contribution is 9.10. The molecule has 196 valence electrons. The maximum absolute atomic E-state index is 13.2. The number of rotatable bonds is 8. The normalized spacial score (nSPS) is 32.6. The number of hydrogen-bond donors (Lipinski definition) is 2. The zero-order chi connectivity index (χ0) is 25.8. The third kappa shape index (κ3) is 6.39. The summed E-state index contributed by atoms with van der Waals surface area (Å²) < 4.78 is 18.3. The highest BCUT2D eigenvalue weighted by atomic mass is 79.9. The number of carbonyl (C=O) groups excluding carboxylic acids is 2. The van der Waals surface area contributed by atoms with Gasteiger partial charge in [0.1, 0.15) is 18.0 Å². The molecule has 0 aromatic heterocycles. The van der Waals surface area contributed by atoms with Crippen LogP contribution in [0, 0.1) is 17.8 Å². The lowest BCUT2D eigenvalue weighted by Gasteiger charge is -2.43. The molecule has 2 N–H and O–H groups in total. The number of para-hydroxylation sites is 1. The number of hydrogen-bond acceptors (Lipinski definition) is 7. The molecule has 0 spiro atoms. The van der Waals surface area contributed by atoms with Crippen molar-refractivity contribution in [3.8, 4) is 5.75 Å². The van der Waals surface area contributed by atoms with Gasteiger partial charge in [0, 0.05) is 18.8 Å². The molecule has 1 aliphatic heterocycles. The largest absolute Gasteiger partial charge is 0.478 e. The fourth-order valence-corrected chi connectivity index (χ4v) is 6.00. The smallest absolute Gasteiger partial charge is 0.347 e. The number of aliphatic hydroxyl groups is 2. The zero-order valence-electron chi connectivity index (χ0n) is 20.7. The van der Waals surface area contributed by atoms with Crippen molar-refractivity contribution in [1.82, 2.24) is 0 Å². The Kier molecular flexibility index (Phi) is 8.91. The number of halogens is 1. The van der Waals surface area contributed by atoms with Gasteiger partial charge in [-0.3, -0.25) is 4.79 Å². The summed E-state index contributed by atoms with van der Waals surface area (Å²) in [5.74, 6) is 0.0282. The SMILES string of the molecule is CC[C@H](Oc1ccccc1Br)C(=O)OC1CC(O)C=C2C=CC(C)C(CC[C@@H]3C[C@@H](O)CC(=O)O3)C21. The molecule has 5 unspecified atom stereocenters. The number of benzene rings is 1. The van der Waals surface area contributed by atoms with Crippen LogP contribution in [0.3, 0.4) is 0 Å². The van der Waals surface area contributed by atoms with E-state index < -0.39 is 30.4 Å². The van der Waals surface area contributed by atoms with Gasteiger partial charge in [0.25, 0.3) is 0 Å². The number of aliphatic hydroxyl groups excluding tert-OH is 2. The lowest BCUT2D eigenvalue weighted by Crippen LogP contribution is -2.44. The molecule has 3 aliphatic rings.